The zero-order chi connectivity index (χ0) is 13.2. The Morgan fingerprint density at radius 3 is 2.50 bits per heavy atom. The summed E-state index contributed by atoms with van der Waals surface area (Å²) in [5, 5.41) is 3.76. The number of hydrogen-bond donors (Lipinski definition) is 2. The number of rotatable bonds is 4. The third kappa shape index (κ3) is 3.05. The molecule has 0 saturated heterocycles. The Morgan fingerprint density at radius 2 is 2.00 bits per heavy atom. The van der Waals surface area contributed by atoms with Gasteiger partial charge in [0.2, 0.25) is 21.7 Å². The second-order valence-corrected chi connectivity index (χ2v) is 5.42. The Hall–Kier alpha value is -1.93. The number of aromatic nitrogens is 2. The van der Waals surface area contributed by atoms with Gasteiger partial charge in [0.1, 0.15) is 0 Å². The lowest BCUT2D eigenvalue weighted by Gasteiger charge is -2.03. The Morgan fingerprint density at radius 1 is 1.33 bits per heavy atom. The molecule has 0 amide bonds. The largest absolute Gasteiger partial charge is 0.338 e. The Kier molecular flexibility index (Phi) is 3.30. The second-order valence-electron chi connectivity index (χ2n) is 3.67. The Labute approximate surface area is 104 Å². The maximum atomic E-state index is 11.0. The van der Waals surface area contributed by atoms with E-state index in [-0.39, 0.29) is 6.54 Å². The van der Waals surface area contributed by atoms with E-state index in [2.05, 4.69) is 14.9 Å². The van der Waals surface area contributed by atoms with Gasteiger partial charge in [-0.3, -0.25) is 4.72 Å². The minimum absolute atomic E-state index is 0.181. The van der Waals surface area contributed by atoms with Crippen molar-refractivity contribution in [3.8, 4) is 11.4 Å². The van der Waals surface area contributed by atoms with E-state index in [0.717, 1.165) is 11.8 Å². The van der Waals surface area contributed by atoms with E-state index in [1.807, 2.05) is 0 Å². The molecule has 0 unspecified atom stereocenters. The molecule has 1 aromatic heterocycles. The molecule has 0 aliphatic carbocycles. The molecule has 0 aliphatic heterocycles. The molecule has 0 saturated carbocycles. The minimum Gasteiger partial charge on any atom is -0.338 e. The van der Waals surface area contributed by atoms with E-state index in [1.54, 1.807) is 24.3 Å². The van der Waals surface area contributed by atoms with Crippen LogP contribution in [0.3, 0.4) is 0 Å². The Bertz CT molecular complexity index is 633. The predicted molar refractivity (Wildman–Crippen MR) is 66.1 cm³/mol. The van der Waals surface area contributed by atoms with Crippen molar-refractivity contribution in [1.29, 1.82) is 0 Å². The fraction of sp³-hybridized carbons (Fsp3) is 0.200. The number of sulfonamides is 1. The monoisotopic (exact) mass is 268 g/mol. The summed E-state index contributed by atoms with van der Waals surface area (Å²) in [6.07, 6.45) is 1.09. The highest BCUT2D eigenvalue weighted by molar-refractivity contribution is 7.92. The van der Waals surface area contributed by atoms with Crippen LogP contribution in [0.25, 0.3) is 11.4 Å². The van der Waals surface area contributed by atoms with Gasteiger partial charge in [-0.15, -0.1) is 0 Å². The fourth-order valence-corrected chi connectivity index (χ4v) is 1.92. The number of nitrogens with one attached hydrogen (secondary N) is 1. The SMILES string of the molecule is CS(=O)(=O)Nc1ccc(-c2noc(CN)n2)cc1. The third-order valence-corrected chi connectivity index (χ3v) is 2.70. The van der Waals surface area contributed by atoms with E-state index in [9.17, 15) is 8.42 Å². The zero-order valence-corrected chi connectivity index (χ0v) is 10.4. The van der Waals surface area contributed by atoms with Crippen LogP contribution in [-0.2, 0) is 16.6 Å². The average Bonchev–Trinajstić information content (AvgIpc) is 2.76. The molecule has 18 heavy (non-hydrogen) atoms. The van der Waals surface area contributed by atoms with Crippen molar-refractivity contribution in [2.75, 3.05) is 11.0 Å². The summed E-state index contributed by atoms with van der Waals surface area (Å²) >= 11 is 0. The summed E-state index contributed by atoms with van der Waals surface area (Å²) in [5.74, 6) is 0.768. The Balaban J connectivity index is 2.22. The lowest BCUT2D eigenvalue weighted by atomic mass is 10.2. The van der Waals surface area contributed by atoms with Crippen LogP contribution >= 0.6 is 0 Å². The molecular formula is C10H12N4O3S. The van der Waals surface area contributed by atoms with Gasteiger partial charge in [0.25, 0.3) is 0 Å². The molecule has 0 bridgehead atoms. The van der Waals surface area contributed by atoms with Crippen LogP contribution in [0, 0.1) is 0 Å². The van der Waals surface area contributed by atoms with Gasteiger partial charge < -0.3 is 10.3 Å². The summed E-state index contributed by atoms with van der Waals surface area (Å²) in [4.78, 5) is 4.06. The molecular weight excluding hydrogens is 256 g/mol. The van der Waals surface area contributed by atoms with Gasteiger partial charge >= 0.3 is 0 Å². The van der Waals surface area contributed by atoms with Crippen LogP contribution in [0.4, 0.5) is 5.69 Å². The van der Waals surface area contributed by atoms with Gasteiger partial charge in [0.15, 0.2) is 0 Å². The normalized spacial score (nSPS) is 11.4. The van der Waals surface area contributed by atoms with E-state index in [1.165, 1.54) is 0 Å². The molecule has 2 aromatic rings. The molecule has 0 aliphatic rings. The van der Waals surface area contributed by atoms with E-state index in [0.29, 0.717) is 17.4 Å². The van der Waals surface area contributed by atoms with Crippen molar-refractivity contribution in [3.05, 3.63) is 30.2 Å². The summed E-state index contributed by atoms with van der Waals surface area (Å²) < 4.78 is 29.3. The molecule has 0 atom stereocenters. The van der Waals surface area contributed by atoms with Crippen LogP contribution in [0.5, 0.6) is 0 Å². The molecule has 2 rings (SSSR count). The average molecular weight is 268 g/mol. The van der Waals surface area contributed by atoms with Crippen LogP contribution in [0.1, 0.15) is 5.89 Å². The van der Waals surface area contributed by atoms with E-state index >= 15 is 0 Å². The van der Waals surface area contributed by atoms with E-state index < -0.39 is 10.0 Å². The lowest BCUT2D eigenvalue weighted by Crippen LogP contribution is -2.09. The van der Waals surface area contributed by atoms with Crippen molar-refractivity contribution in [3.63, 3.8) is 0 Å². The summed E-state index contributed by atoms with van der Waals surface area (Å²) in [5.41, 5.74) is 6.56. The fourth-order valence-electron chi connectivity index (χ4n) is 1.36. The molecule has 0 fully saturated rings. The molecule has 7 nitrogen and oxygen atoms in total. The lowest BCUT2D eigenvalue weighted by molar-refractivity contribution is 0.380. The van der Waals surface area contributed by atoms with Crippen LogP contribution < -0.4 is 10.5 Å². The molecule has 1 heterocycles. The van der Waals surface area contributed by atoms with Gasteiger partial charge in [-0.05, 0) is 24.3 Å². The number of nitrogens with two attached hydrogens (primary N) is 1. The van der Waals surface area contributed by atoms with Gasteiger partial charge in [0, 0.05) is 11.3 Å². The minimum atomic E-state index is -3.27. The molecule has 8 heteroatoms. The number of benzene rings is 1. The van der Waals surface area contributed by atoms with Crippen LogP contribution in [0.2, 0.25) is 0 Å². The number of nitrogens with zero attached hydrogens (tertiary/aromatic N) is 2. The molecule has 0 radical (unpaired) electrons. The summed E-state index contributed by atoms with van der Waals surface area (Å²) in [6.45, 7) is 0.181. The summed E-state index contributed by atoms with van der Waals surface area (Å²) in [6, 6.07) is 6.63. The highest BCUT2D eigenvalue weighted by Gasteiger charge is 2.08. The predicted octanol–water partition coefficient (Wildman–Crippen LogP) is 0.567. The standard InChI is InChI=1S/C10H12N4O3S/c1-18(15,16)14-8-4-2-7(3-5-8)10-12-9(6-11)17-13-10/h2-5,14H,6,11H2,1H3. The third-order valence-electron chi connectivity index (χ3n) is 2.09. The zero-order valence-electron chi connectivity index (χ0n) is 9.62. The molecule has 96 valence electrons. The van der Waals surface area contributed by atoms with Gasteiger partial charge in [-0.1, -0.05) is 5.16 Å². The van der Waals surface area contributed by atoms with Crippen LogP contribution in [-0.4, -0.2) is 24.8 Å². The molecule has 1 aromatic carbocycles. The first-order valence-electron chi connectivity index (χ1n) is 5.09. The van der Waals surface area contributed by atoms with Gasteiger partial charge in [0.05, 0.1) is 12.8 Å². The van der Waals surface area contributed by atoms with Crippen molar-refractivity contribution in [1.82, 2.24) is 10.1 Å². The second kappa shape index (κ2) is 4.75. The van der Waals surface area contributed by atoms with Crippen molar-refractivity contribution in [2.24, 2.45) is 5.73 Å². The van der Waals surface area contributed by atoms with Crippen LogP contribution in [0.15, 0.2) is 28.8 Å². The van der Waals surface area contributed by atoms with E-state index in [4.69, 9.17) is 10.3 Å². The molecule has 0 spiro atoms. The quantitative estimate of drug-likeness (QED) is 0.838. The van der Waals surface area contributed by atoms with Crippen molar-refractivity contribution >= 4 is 15.7 Å². The first kappa shape index (κ1) is 12.5. The van der Waals surface area contributed by atoms with Crippen molar-refractivity contribution in [2.45, 2.75) is 6.54 Å². The smallest absolute Gasteiger partial charge is 0.240 e. The van der Waals surface area contributed by atoms with Gasteiger partial charge in [-0.2, -0.15) is 4.98 Å². The molecule has 3 N–H and O–H groups in total. The number of hydrogen-bond acceptors (Lipinski definition) is 6. The van der Waals surface area contributed by atoms with Gasteiger partial charge in [-0.25, -0.2) is 8.42 Å². The first-order valence-corrected chi connectivity index (χ1v) is 6.98. The summed E-state index contributed by atoms with van der Waals surface area (Å²) in [7, 11) is -3.27. The topological polar surface area (TPSA) is 111 Å². The first-order chi connectivity index (χ1) is 8.48. The maximum Gasteiger partial charge on any atom is 0.240 e. The highest BCUT2D eigenvalue weighted by Crippen LogP contribution is 2.19. The highest BCUT2D eigenvalue weighted by atomic mass is 32.2. The van der Waals surface area contributed by atoms with Crippen molar-refractivity contribution < 1.29 is 12.9 Å². The number of anilines is 1. The maximum absolute atomic E-state index is 11.0.